The molecule has 4 rings (SSSR count). The number of ether oxygens (including phenoxy) is 1. The van der Waals surface area contributed by atoms with Crippen LogP contribution >= 0.6 is 0 Å². The van der Waals surface area contributed by atoms with Crippen molar-refractivity contribution in [2.45, 2.75) is 19.5 Å². The number of hydrogen-bond acceptors (Lipinski definition) is 7. The summed E-state index contributed by atoms with van der Waals surface area (Å²) in [5, 5.41) is 9.52. The number of phenols is 1. The molecular weight excluding hydrogens is 389 g/mol. The summed E-state index contributed by atoms with van der Waals surface area (Å²) < 4.78 is 19.5. The highest BCUT2D eigenvalue weighted by atomic mass is 19.1. The molecule has 0 saturated heterocycles. The number of carbonyl (C=O) groups is 1. The third kappa shape index (κ3) is 3.92. The Kier molecular flexibility index (Phi) is 5.28. The van der Waals surface area contributed by atoms with Crippen molar-refractivity contribution in [3.63, 3.8) is 0 Å². The van der Waals surface area contributed by atoms with Gasteiger partial charge < -0.3 is 15.6 Å². The molecule has 3 N–H and O–H groups in total. The molecule has 1 amide bonds. The van der Waals surface area contributed by atoms with Crippen molar-refractivity contribution in [1.82, 2.24) is 19.9 Å². The zero-order valence-electron chi connectivity index (χ0n) is 16.3. The van der Waals surface area contributed by atoms with E-state index < -0.39 is 11.7 Å². The van der Waals surface area contributed by atoms with Gasteiger partial charge in [-0.25, -0.2) is 19.3 Å². The van der Waals surface area contributed by atoms with Gasteiger partial charge in [-0.2, -0.15) is 0 Å². The lowest BCUT2D eigenvalue weighted by Crippen LogP contribution is -2.32. The summed E-state index contributed by atoms with van der Waals surface area (Å²) in [4.78, 5) is 26.6. The van der Waals surface area contributed by atoms with E-state index >= 15 is 0 Å². The zero-order chi connectivity index (χ0) is 21.3. The standard InChI is InChI=1S/C21H20FN5O3/c1-30-21-24-8-12(9-25-21)10-27-5-4-15-16(14-3-2-13(28)6-17(14)22)7-18(20(23)29)26-19(15)11-27/h2-3,6-9,28H,4-5,10-11H2,1H3,(H2,23,29). The Bertz CT molecular complexity index is 1100. The number of pyridine rings is 1. The van der Waals surface area contributed by atoms with E-state index in [4.69, 9.17) is 10.5 Å². The number of nitrogens with two attached hydrogens (primary N) is 1. The molecule has 154 valence electrons. The average Bonchev–Trinajstić information content (AvgIpc) is 2.73. The largest absolute Gasteiger partial charge is 0.508 e. The quantitative estimate of drug-likeness (QED) is 0.663. The Morgan fingerprint density at radius 2 is 2.03 bits per heavy atom. The number of halogens is 1. The van der Waals surface area contributed by atoms with Crippen molar-refractivity contribution < 1.29 is 19.0 Å². The van der Waals surface area contributed by atoms with Gasteiger partial charge in [-0.15, -0.1) is 0 Å². The van der Waals surface area contributed by atoms with Gasteiger partial charge in [0, 0.05) is 49.2 Å². The van der Waals surface area contributed by atoms with Gasteiger partial charge in [-0.1, -0.05) is 0 Å². The second kappa shape index (κ2) is 8.03. The number of aromatic nitrogens is 3. The predicted molar refractivity (Wildman–Crippen MR) is 106 cm³/mol. The minimum absolute atomic E-state index is 0.0749. The molecule has 3 aromatic rings. The number of fused-ring (bicyclic) bond motifs is 1. The van der Waals surface area contributed by atoms with Gasteiger partial charge >= 0.3 is 6.01 Å². The van der Waals surface area contributed by atoms with Crippen molar-refractivity contribution in [2.75, 3.05) is 13.7 Å². The van der Waals surface area contributed by atoms with Crippen LogP contribution in [0.4, 0.5) is 4.39 Å². The lowest BCUT2D eigenvalue weighted by molar-refractivity contribution is 0.0994. The van der Waals surface area contributed by atoms with Crippen molar-refractivity contribution >= 4 is 5.91 Å². The Morgan fingerprint density at radius 3 is 2.70 bits per heavy atom. The molecule has 9 heteroatoms. The lowest BCUT2D eigenvalue weighted by atomic mass is 9.92. The van der Waals surface area contributed by atoms with E-state index in [2.05, 4.69) is 19.9 Å². The summed E-state index contributed by atoms with van der Waals surface area (Å²) in [6.07, 6.45) is 4.02. The highest BCUT2D eigenvalue weighted by Crippen LogP contribution is 2.33. The van der Waals surface area contributed by atoms with Gasteiger partial charge in [0.15, 0.2) is 0 Å². The van der Waals surface area contributed by atoms with Crippen LogP contribution in [0.2, 0.25) is 0 Å². The Morgan fingerprint density at radius 1 is 1.27 bits per heavy atom. The first-order valence-electron chi connectivity index (χ1n) is 9.33. The third-order valence-electron chi connectivity index (χ3n) is 5.03. The number of carbonyl (C=O) groups excluding carboxylic acids is 1. The molecule has 2 aromatic heterocycles. The molecule has 3 heterocycles. The van der Waals surface area contributed by atoms with Gasteiger partial charge in [-0.05, 0) is 35.7 Å². The van der Waals surface area contributed by atoms with E-state index in [1.807, 2.05) is 0 Å². The Labute approximate surface area is 172 Å². The van der Waals surface area contributed by atoms with Crippen LogP contribution in [0.15, 0.2) is 36.7 Å². The second-order valence-corrected chi connectivity index (χ2v) is 7.05. The van der Waals surface area contributed by atoms with E-state index in [1.54, 1.807) is 12.4 Å². The number of aromatic hydroxyl groups is 1. The molecule has 1 aliphatic heterocycles. The minimum atomic E-state index is -0.682. The van der Waals surface area contributed by atoms with E-state index in [9.17, 15) is 14.3 Å². The van der Waals surface area contributed by atoms with E-state index in [-0.39, 0.29) is 11.4 Å². The summed E-state index contributed by atoms with van der Waals surface area (Å²) >= 11 is 0. The fraction of sp³-hybridized carbons (Fsp3) is 0.238. The average molecular weight is 409 g/mol. The number of phenolic OH excluding ortho intramolecular Hbond substituents is 1. The number of benzene rings is 1. The van der Waals surface area contributed by atoms with Gasteiger partial charge in [0.2, 0.25) is 0 Å². The SMILES string of the molecule is COc1ncc(CN2CCc3c(-c4ccc(O)cc4F)cc(C(N)=O)nc3C2)cn1. The molecule has 0 spiro atoms. The molecule has 0 atom stereocenters. The van der Waals surface area contributed by atoms with Crippen molar-refractivity contribution in [3.05, 3.63) is 65.0 Å². The molecule has 0 unspecified atom stereocenters. The third-order valence-corrected chi connectivity index (χ3v) is 5.03. The van der Waals surface area contributed by atoms with Crippen LogP contribution in [0.5, 0.6) is 11.8 Å². The first-order valence-corrected chi connectivity index (χ1v) is 9.33. The van der Waals surface area contributed by atoms with Crippen molar-refractivity contribution in [1.29, 1.82) is 0 Å². The Hall–Kier alpha value is -3.59. The highest BCUT2D eigenvalue weighted by molar-refractivity contribution is 5.92. The molecular formula is C21H20FN5O3. The maximum Gasteiger partial charge on any atom is 0.316 e. The maximum absolute atomic E-state index is 14.5. The number of rotatable bonds is 5. The molecule has 0 radical (unpaired) electrons. The topological polar surface area (TPSA) is 114 Å². The molecule has 8 nitrogen and oxygen atoms in total. The molecule has 0 saturated carbocycles. The molecule has 30 heavy (non-hydrogen) atoms. The van der Waals surface area contributed by atoms with Crippen LogP contribution < -0.4 is 10.5 Å². The van der Waals surface area contributed by atoms with Crippen LogP contribution in [-0.4, -0.2) is 44.5 Å². The van der Waals surface area contributed by atoms with E-state index in [0.29, 0.717) is 48.9 Å². The normalized spacial score (nSPS) is 13.7. The van der Waals surface area contributed by atoms with Crippen molar-refractivity contribution in [3.8, 4) is 22.9 Å². The van der Waals surface area contributed by atoms with Gasteiger partial charge in [0.05, 0.1) is 12.8 Å². The Balaban J connectivity index is 1.67. The lowest BCUT2D eigenvalue weighted by Gasteiger charge is -2.29. The van der Waals surface area contributed by atoms with Gasteiger partial charge in [0.25, 0.3) is 5.91 Å². The van der Waals surface area contributed by atoms with Crippen LogP contribution in [0.25, 0.3) is 11.1 Å². The molecule has 0 fully saturated rings. The first-order chi connectivity index (χ1) is 14.4. The minimum Gasteiger partial charge on any atom is -0.508 e. The smallest absolute Gasteiger partial charge is 0.316 e. The number of amides is 1. The van der Waals surface area contributed by atoms with Crippen LogP contribution in [-0.2, 0) is 19.5 Å². The van der Waals surface area contributed by atoms with E-state index in [0.717, 1.165) is 17.2 Å². The molecule has 0 aliphatic carbocycles. The number of hydrogen-bond donors (Lipinski definition) is 2. The number of methoxy groups -OCH3 is 1. The van der Waals surface area contributed by atoms with Gasteiger partial charge in [0.1, 0.15) is 17.3 Å². The zero-order valence-corrected chi connectivity index (χ0v) is 16.3. The van der Waals surface area contributed by atoms with Crippen LogP contribution in [0.1, 0.15) is 27.3 Å². The predicted octanol–water partition coefficient (Wildman–Crippen LogP) is 2.05. The maximum atomic E-state index is 14.5. The fourth-order valence-electron chi connectivity index (χ4n) is 3.61. The van der Waals surface area contributed by atoms with Gasteiger partial charge in [-0.3, -0.25) is 9.69 Å². The monoisotopic (exact) mass is 409 g/mol. The van der Waals surface area contributed by atoms with Crippen LogP contribution in [0, 0.1) is 5.82 Å². The molecule has 0 bridgehead atoms. The summed E-state index contributed by atoms with van der Waals surface area (Å²) in [5.41, 5.74) is 8.86. The molecule has 1 aliphatic rings. The molecule has 1 aromatic carbocycles. The number of primary amides is 1. The summed E-state index contributed by atoms with van der Waals surface area (Å²) in [6.45, 7) is 1.77. The fourth-order valence-corrected chi connectivity index (χ4v) is 3.61. The highest BCUT2D eigenvalue weighted by Gasteiger charge is 2.24. The van der Waals surface area contributed by atoms with Crippen LogP contribution in [0.3, 0.4) is 0 Å². The second-order valence-electron chi connectivity index (χ2n) is 7.05. The van der Waals surface area contributed by atoms with E-state index in [1.165, 1.54) is 25.3 Å². The summed E-state index contributed by atoms with van der Waals surface area (Å²) in [6, 6.07) is 5.77. The first kappa shape index (κ1) is 19.7. The van der Waals surface area contributed by atoms with Crippen molar-refractivity contribution in [2.24, 2.45) is 5.73 Å². The summed E-state index contributed by atoms with van der Waals surface area (Å²) in [7, 11) is 1.51. The summed E-state index contributed by atoms with van der Waals surface area (Å²) in [5.74, 6) is -1.42. The number of nitrogens with zero attached hydrogens (tertiary/aromatic N) is 4.